The Morgan fingerprint density at radius 3 is 2.26 bits per heavy atom. The number of nitrogens with one attached hydrogen (secondary N) is 4. The van der Waals surface area contributed by atoms with E-state index >= 15 is 0 Å². The summed E-state index contributed by atoms with van der Waals surface area (Å²) in [5, 5.41) is 10.3. The van der Waals surface area contributed by atoms with Gasteiger partial charge < -0.3 is 16.0 Å². The zero-order valence-electron chi connectivity index (χ0n) is 18.2. The molecule has 35 heavy (non-hydrogen) atoms. The first-order chi connectivity index (χ1) is 16.8. The minimum atomic E-state index is -1.10. The van der Waals surface area contributed by atoms with Crippen LogP contribution in [0.4, 0.5) is 5.69 Å². The highest BCUT2D eigenvalue weighted by Gasteiger charge is 2.45. The Balaban J connectivity index is 1.38. The van der Waals surface area contributed by atoms with Gasteiger partial charge in [0, 0.05) is 12.6 Å². The van der Waals surface area contributed by atoms with Gasteiger partial charge in [0.2, 0.25) is 11.8 Å². The third kappa shape index (κ3) is 3.82. The second-order valence-electron chi connectivity index (χ2n) is 8.17. The zero-order chi connectivity index (χ0) is 24.7. The Labute approximate surface area is 198 Å². The van der Waals surface area contributed by atoms with Crippen molar-refractivity contribution in [3.05, 3.63) is 77.0 Å². The summed E-state index contributed by atoms with van der Waals surface area (Å²) in [6.07, 6.45) is 0.519. The van der Waals surface area contributed by atoms with Gasteiger partial charge >= 0.3 is 0 Å². The summed E-state index contributed by atoms with van der Waals surface area (Å²) in [7, 11) is 0. The number of benzene rings is 2. The van der Waals surface area contributed by atoms with Crippen LogP contribution in [0.5, 0.6) is 0 Å². The van der Waals surface area contributed by atoms with Gasteiger partial charge in [0.15, 0.2) is 0 Å². The van der Waals surface area contributed by atoms with E-state index in [1.807, 2.05) is 6.07 Å². The number of hydrogen-bond acceptors (Lipinski definition) is 7. The van der Waals surface area contributed by atoms with E-state index in [9.17, 15) is 28.8 Å². The van der Waals surface area contributed by atoms with Crippen LogP contribution in [-0.2, 0) is 19.2 Å². The number of imide groups is 2. The lowest BCUT2D eigenvalue weighted by Gasteiger charge is -2.27. The molecule has 1 atom stereocenters. The van der Waals surface area contributed by atoms with E-state index in [2.05, 4.69) is 21.3 Å². The van der Waals surface area contributed by atoms with Crippen molar-refractivity contribution in [2.24, 2.45) is 0 Å². The van der Waals surface area contributed by atoms with Gasteiger partial charge in [-0.25, -0.2) is 0 Å². The van der Waals surface area contributed by atoms with Crippen LogP contribution in [0.2, 0.25) is 0 Å². The second-order valence-corrected chi connectivity index (χ2v) is 8.17. The van der Waals surface area contributed by atoms with Crippen molar-refractivity contribution in [1.82, 2.24) is 20.9 Å². The highest BCUT2D eigenvalue weighted by atomic mass is 16.2. The first-order valence-corrected chi connectivity index (χ1v) is 10.8. The number of piperidine rings is 1. The van der Waals surface area contributed by atoms with Crippen LogP contribution < -0.4 is 21.3 Å². The second kappa shape index (κ2) is 8.52. The summed E-state index contributed by atoms with van der Waals surface area (Å²) in [6, 6.07) is 12.3. The Morgan fingerprint density at radius 1 is 0.857 bits per heavy atom. The molecule has 11 nitrogen and oxygen atoms in total. The topological polar surface area (TPSA) is 154 Å². The first-order valence-electron chi connectivity index (χ1n) is 10.8. The average molecular weight is 473 g/mol. The SMILES string of the molecule is O=C1CCC(N2C(=O)c3cccc(NC=C4C(=O)NC(c5ccccc5)NC4=O)c3C2=O)C(=O)N1. The molecule has 0 saturated carbocycles. The number of anilines is 1. The van der Waals surface area contributed by atoms with Crippen LogP contribution >= 0.6 is 0 Å². The molecule has 0 bridgehead atoms. The van der Waals surface area contributed by atoms with Crippen LogP contribution in [0.25, 0.3) is 0 Å². The van der Waals surface area contributed by atoms with Gasteiger partial charge in [-0.2, -0.15) is 0 Å². The maximum atomic E-state index is 13.2. The number of amides is 6. The summed E-state index contributed by atoms with van der Waals surface area (Å²) in [4.78, 5) is 75.8. The molecule has 0 spiro atoms. The lowest BCUT2D eigenvalue weighted by atomic mass is 10.0. The molecule has 2 fully saturated rings. The fraction of sp³-hybridized carbons (Fsp3) is 0.167. The lowest BCUT2D eigenvalue weighted by Crippen LogP contribution is -2.54. The van der Waals surface area contributed by atoms with Crippen molar-refractivity contribution in [1.29, 1.82) is 0 Å². The number of rotatable bonds is 4. The van der Waals surface area contributed by atoms with Crippen LogP contribution in [0, 0.1) is 0 Å². The highest BCUT2D eigenvalue weighted by molar-refractivity contribution is 6.26. The monoisotopic (exact) mass is 473 g/mol. The molecule has 1 unspecified atom stereocenters. The fourth-order valence-electron chi connectivity index (χ4n) is 4.29. The van der Waals surface area contributed by atoms with Crippen molar-refractivity contribution in [3.8, 4) is 0 Å². The number of fused-ring (bicyclic) bond motifs is 1. The molecule has 0 radical (unpaired) electrons. The van der Waals surface area contributed by atoms with Gasteiger partial charge in [-0.05, 0) is 24.1 Å². The molecular formula is C24H19N5O6. The van der Waals surface area contributed by atoms with Crippen molar-refractivity contribution in [2.75, 3.05) is 5.32 Å². The van der Waals surface area contributed by atoms with Gasteiger partial charge in [-0.1, -0.05) is 36.4 Å². The summed E-state index contributed by atoms with van der Waals surface area (Å²) in [5.74, 6) is -3.77. The lowest BCUT2D eigenvalue weighted by molar-refractivity contribution is -0.136. The maximum absolute atomic E-state index is 13.2. The Kier molecular flexibility index (Phi) is 5.36. The third-order valence-corrected chi connectivity index (χ3v) is 6.01. The van der Waals surface area contributed by atoms with Gasteiger partial charge in [0.25, 0.3) is 23.6 Å². The van der Waals surface area contributed by atoms with Gasteiger partial charge in [0.05, 0.1) is 16.8 Å². The standard InChI is InChI=1S/C24H19N5O6/c30-17-10-9-16(22(33)26-17)29-23(34)13-7-4-8-15(18(13)24(29)35)25-11-14-20(31)27-19(28-21(14)32)12-5-2-1-3-6-12/h1-8,11,16,19,25H,9-10H2,(H,27,31)(H,28,32)(H,26,30,33). The van der Waals surface area contributed by atoms with E-state index in [-0.39, 0.29) is 35.2 Å². The van der Waals surface area contributed by atoms with Gasteiger partial charge in [-0.3, -0.25) is 39.0 Å². The number of hydrogen-bond donors (Lipinski definition) is 4. The van der Waals surface area contributed by atoms with E-state index < -0.39 is 47.7 Å². The van der Waals surface area contributed by atoms with Crippen LogP contribution in [0.15, 0.2) is 60.3 Å². The number of carbonyl (C=O) groups excluding carboxylic acids is 6. The van der Waals surface area contributed by atoms with E-state index in [1.165, 1.54) is 18.2 Å². The van der Waals surface area contributed by atoms with E-state index in [1.54, 1.807) is 24.3 Å². The number of nitrogens with zero attached hydrogens (tertiary/aromatic N) is 1. The maximum Gasteiger partial charge on any atom is 0.264 e. The van der Waals surface area contributed by atoms with Crippen LogP contribution in [-0.4, -0.2) is 46.4 Å². The molecule has 5 rings (SSSR count). The highest BCUT2D eigenvalue weighted by Crippen LogP contribution is 2.32. The molecule has 6 amide bonds. The zero-order valence-corrected chi connectivity index (χ0v) is 18.2. The summed E-state index contributed by atoms with van der Waals surface area (Å²) >= 11 is 0. The van der Waals surface area contributed by atoms with Crippen molar-refractivity contribution >= 4 is 41.1 Å². The smallest absolute Gasteiger partial charge is 0.264 e. The molecule has 2 aromatic rings. The molecule has 176 valence electrons. The predicted molar refractivity (Wildman–Crippen MR) is 120 cm³/mol. The molecule has 11 heteroatoms. The first kappa shape index (κ1) is 22.0. The van der Waals surface area contributed by atoms with Crippen LogP contribution in [0.1, 0.15) is 45.3 Å². The van der Waals surface area contributed by atoms with Gasteiger partial charge in [-0.15, -0.1) is 0 Å². The van der Waals surface area contributed by atoms with E-state index in [0.717, 1.165) is 11.1 Å². The quantitative estimate of drug-likeness (QED) is 0.283. The molecule has 2 saturated heterocycles. The molecular weight excluding hydrogens is 454 g/mol. The molecule has 0 aromatic heterocycles. The van der Waals surface area contributed by atoms with Crippen molar-refractivity contribution in [2.45, 2.75) is 25.0 Å². The molecule has 0 aliphatic carbocycles. The molecule has 3 aliphatic heterocycles. The summed E-state index contributed by atoms with van der Waals surface area (Å²) in [5.41, 5.74) is 0.768. The Morgan fingerprint density at radius 2 is 1.57 bits per heavy atom. The average Bonchev–Trinajstić information content (AvgIpc) is 3.09. The molecule has 3 heterocycles. The Hall–Kier alpha value is -4.80. The minimum Gasteiger partial charge on any atom is -0.360 e. The Bertz CT molecular complexity index is 1320. The normalized spacial score (nSPS) is 21.8. The van der Waals surface area contributed by atoms with E-state index in [4.69, 9.17) is 0 Å². The largest absolute Gasteiger partial charge is 0.360 e. The number of carbonyl (C=O) groups is 6. The molecule has 4 N–H and O–H groups in total. The fourth-order valence-corrected chi connectivity index (χ4v) is 4.29. The summed E-state index contributed by atoms with van der Waals surface area (Å²) < 4.78 is 0. The predicted octanol–water partition coefficient (Wildman–Crippen LogP) is 0.328. The van der Waals surface area contributed by atoms with E-state index in [0.29, 0.717) is 5.56 Å². The minimum absolute atomic E-state index is 0.00914. The summed E-state index contributed by atoms with van der Waals surface area (Å²) in [6.45, 7) is 0. The van der Waals surface area contributed by atoms with Gasteiger partial charge in [0.1, 0.15) is 17.8 Å². The van der Waals surface area contributed by atoms with Crippen LogP contribution in [0.3, 0.4) is 0 Å². The molecule has 2 aromatic carbocycles. The van der Waals surface area contributed by atoms with Crippen molar-refractivity contribution < 1.29 is 28.8 Å². The van der Waals surface area contributed by atoms with Crippen molar-refractivity contribution in [3.63, 3.8) is 0 Å². The third-order valence-electron chi connectivity index (χ3n) is 6.01. The molecule has 3 aliphatic rings.